The molecule has 1 atom stereocenters. The summed E-state index contributed by atoms with van der Waals surface area (Å²) >= 11 is 6.06. The standard InChI is InChI=1S/C16H20ClNO4/c17-13-9-12(16(19)20)3-4-15(13)22-8-6-18-5-7-21-10-14(18)11-1-2-11/h3-4,9,11,14H,1-2,5-8,10H2,(H,19,20). The van der Waals surface area contributed by atoms with Gasteiger partial charge in [-0.1, -0.05) is 11.6 Å². The van der Waals surface area contributed by atoms with Crippen molar-refractivity contribution in [1.29, 1.82) is 0 Å². The van der Waals surface area contributed by atoms with Crippen LogP contribution in [-0.2, 0) is 4.74 Å². The summed E-state index contributed by atoms with van der Waals surface area (Å²) in [7, 11) is 0. The third-order valence-corrected chi connectivity index (χ3v) is 4.56. The number of carboxylic acids is 1. The van der Waals surface area contributed by atoms with Gasteiger partial charge in [0.05, 0.1) is 23.8 Å². The van der Waals surface area contributed by atoms with E-state index in [1.807, 2.05) is 0 Å². The zero-order chi connectivity index (χ0) is 15.5. The Morgan fingerprint density at radius 1 is 1.45 bits per heavy atom. The molecular weight excluding hydrogens is 306 g/mol. The average molecular weight is 326 g/mol. The van der Waals surface area contributed by atoms with E-state index in [1.54, 1.807) is 6.07 Å². The minimum absolute atomic E-state index is 0.166. The van der Waals surface area contributed by atoms with Crippen molar-refractivity contribution < 1.29 is 19.4 Å². The number of carboxylic acid groups (broad SMARTS) is 1. The van der Waals surface area contributed by atoms with Crippen molar-refractivity contribution in [2.24, 2.45) is 5.92 Å². The molecule has 1 aromatic carbocycles. The molecule has 0 aromatic heterocycles. The Bertz CT molecular complexity index is 547. The summed E-state index contributed by atoms with van der Waals surface area (Å²) in [4.78, 5) is 13.3. The molecule has 1 unspecified atom stereocenters. The monoisotopic (exact) mass is 325 g/mol. The summed E-state index contributed by atoms with van der Waals surface area (Å²) in [6.45, 7) is 3.91. The van der Waals surface area contributed by atoms with E-state index in [1.165, 1.54) is 25.0 Å². The quantitative estimate of drug-likeness (QED) is 0.871. The molecule has 2 fully saturated rings. The molecule has 1 saturated heterocycles. The molecule has 0 amide bonds. The lowest BCUT2D eigenvalue weighted by Crippen LogP contribution is -2.48. The molecule has 1 aliphatic heterocycles. The van der Waals surface area contributed by atoms with Gasteiger partial charge in [-0.2, -0.15) is 0 Å². The van der Waals surface area contributed by atoms with Crippen LogP contribution in [0.2, 0.25) is 5.02 Å². The lowest BCUT2D eigenvalue weighted by atomic mass is 10.1. The largest absolute Gasteiger partial charge is 0.491 e. The van der Waals surface area contributed by atoms with E-state index in [4.69, 9.17) is 26.2 Å². The summed E-state index contributed by atoms with van der Waals surface area (Å²) in [5, 5.41) is 9.25. The molecule has 1 aliphatic carbocycles. The van der Waals surface area contributed by atoms with Crippen molar-refractivity contribution >= 4 is 17.6 Å². The first-order valence-corrected chi connectivity index (χ1v) is 8.00. The van der Waals surface area contributed by atoms with Gasteiger partial charge in [0, 0.05) is 19.1 Å². The van der Waals surface area contributed by atoms with Crippen LogP contribution in [0.3, 0.4) is 0 Å². The van der Waals surface area contributed by atoms with Crippen molar-refractivity contribution in [1.82, 2.24) is 4.90 Å². The van der Waals surface area contributed by atoms with Crippen LogP contribution in [0.15, 0.2) is 18.2 Å². The minimum atomic E-state index is -0.992. The third-order valence-electron chi connectivity index (χ3n) is 4.26. The van der Waals surface area contributed by atoms with E-state index in [0.717, 1.165) is 32.2 Å². The molecule has 6 heteroatoms. The highest BCUT2D eigenvalue weighted by atomic mass is 35.5. The van der Waals surface area contributed by atoms with Gasteiger partial charge in [-0.15, -0.1) is 0 Å². The van der Waals surface area contributed by atoms with Gasteiger partial charge >= 0.3 is 5.97 Å². The molecule has 2 aliphatic rings. The summed E-state index contributed by atoms with van der Waals surface area (Å²) < 4.78 is 11.3. The second-order valence-electron chi connectivity index (χ2n) is 5.81. The predicted molar refractivity (Wildman–Crippen MR) is 82.8 cm³/mol. The first-order valence-electron chi connectivity index (χ1n) is 7.62. The molecule has 120 valence electrons. The number of benzene rings is 1. The van der Waals surface area contributed by atoms with E-state index in [0.29, 0.717) is 23.4 Å². The number of ether oxygens (including phenoxy) is 2. The zero-order valence-corrected chi connectivity index (χ0v) is 13.1. The SMILES string of the molecule is O=C(O)c1ccc(OCCN2CCOCC2C2CC2)c(Cl)c1. The number of hydrogen-bond donors (Lipinski definition) is 1. The van der Waals surface area contributed by atoms with Crippen LogP contribution in [0, 0.1) is 5.92 Å². The number of nitrogens with zero attached hydrogens (tertiary/aromatic N) is 1. The Balaban J connectivity index is 1.52. The minimum Gasteiger partial charge on any atom is -0.491 e. The summed E-state index contributed by atoms with van der Waals surface area (Å²) in [5.74, 6) is 0.315. The van der Waals surface area contributed by atoms with E-state index < -0.39 is 5.97 Å². The van der Waals surface area contributed by atoms with Crippen molar-refractivity contribution in [2.45, 2.75) is 18.9 Å². The Labute approximate surface area is 134 Å². The molecule has 0 spiro atoms. The number of rotatable bonds is 6. The van der Waals surface area contributed by atoms with E-state index in [9.17, 15) is 4.79 Å². The average Bonchev–Trinajstić information content (AvgIpc) is 3.34. The molecular formula is C16H20ClNO4. The Morgan fingerprint density at radius 2 is 2.27 bits per heavy atom. The fourth-order valence-corrected chi connectivity index (χ4v) is 3.11. The highest BCUT2D eigenvalue weighted by molar-refractivity contribution is 6.32. The van der Waals surface area contributed by atoms with Crippen LogP contribution >= 0.6 is 11.6 Å². The van der Waals surface area contributed by atoms with Gasteiger partial charge in [0.2, 0.25) is 0 Å². The van der Waals surface area contributed by atoms with Gasteiger partial charge in [-0.25, -0.2) is 4.79 Å². The maximum atomic E-state index is 10.9. The highest BCUT2D eigenvalue weighted by Gasteiger charge is 2.36. The molecule has 1 saturated carbocycles. The number of hydrogen-bond acceptors (Lipinski definition) is 4. The van der Waals surface area contributed by atoms with Gasteiger partial charge in [0.1, 0.15) is 12.4 Å². The zero-order valence-electron chi connectivity index (χ0n) is 12.3. The summed E-state index contributed by atoms with van der Waals surface area (Å²) in [6.07, 6.45) is 2.60. The first kappa shape index (κ1) is 15.6. The Morgan fingerprint density at radius 3 is 2.95 bits per heavy atom. The Hall–Kier alpha value is -1.30. The fourth-order valence-electron chi connectivity index (χ4n) is 2.87. The van der Waals surface area contributed by atoms with Crippen molar-refractivity contribution in [3.05, 3.63) is 28.8 Å². The second kappa shape index (κ2) is 6.86. The van der Waals surface area contributed by atoms with Gasteiger partial charge in [-0.3, -0.25) is 4.90 Å². The highest BCUT2D eigenvalue weighted by Crippen LogP contribution is 2.36. The van der Waals surface area contributed by atoms with Gasteiger partial charge < -0.3 is 14.6 Å². The van der Waals surface area contributed by atoms with Crippen molar-refractivity contribution in [3.63, 3.8) is 0 Å². The van der Waals surface area contributed by atoms with E-state index in [2.05, 4.69) is 4.90 Å². The van der Waals surface area contributed by atoms with E-state index >= 15 is 0 Å². The summed E-state index contributed by atoms with van der Waals surface area (Å²) in [6, 6.07) is 5.05. The molecule has 1 heterocycles. The topological polar surface area (TPSA) is 59.0 Å². The van der Waals surface area contributed by atoms with Gasteiger partial charge in [-0.05, 0) is 37.0 Å². The smallest absolute Gasteiger partial charge is 0.335 e. The predicted octanol–water partition coefficient (Wildman–Crippen LogP) is 2.53. The normalized spacial score (nSPS) is 22.5. The van der Waals surface area contributed by atoms with Gasteiger partial charge in [0.25, 0.3) is 0 Å². The molecule has 3 rings (SSSR count). The molecule has 22 heavy (non-hydrogen) atoms. The molecule has 5 nitrogen and oxygen atoms in total. The van der Waals surface area contributed by atoms with Crippen molar-refractivity contribution in [3.8, 4) is 5.75 Å². The molecule has 1 N–H and O–H groups in total. The number of halogens is 1. The number of aromatic carboxylic acids is 1. The maximum Gasteiger partial charge on any atom is 0.335 e. The fraction of sp³-hybridized carbons (Fsp3) is 0.562. The Kier molecular flexibility index (Phi) is 4.86. The van der Waals surface area contributed by atoms with Crippen LogP contribution in [0.4, 0.5) is 0 Å². The van der Waals surface area contributed by atoms with Crippen LogP contribution in [-0.4, -0.2) is 54.9 Å². The second-order valence-corrected chi connectivity index (χ2v) is 6.22. The van der Waals surface area contributed by atoms with Crippen LogP contribution in [0.5, 0.6) is 5.75 Å². The molecule has 0 bridgehead atoms. The maximum absolute atomic E-state index is 10.9. The number of carbonyl (C=O) groups is 1. The van der Waals surface area contributed by atoms with Crippen LogP contribution in [0.25, 0.3) is 0 Å². The van der Waals surface area contributed by atoms with Gasteiger partial charge in [0.15, 0.2) is 0 Å². The third kappa shape index (κ3) is 3.72. The summed E-state index contributed by atoms with van der Waals surface area (Å²) in [5.41, 5.74) is 0.166. The van der Waals surface area contributed by atoms with E-state index in [-0.39, 0.29) is 5.56 Å². The molecule has 1 aromatic rings. The first-order chi connectivity index (χ1) is 10.6. The lowest BCUT2D eigenvalue weighted by molar-refractivity contribution is -0.0201. The number of morpholine rings is 1. The molecule has 0 radical (unpaired) electrons. The lowest BCUT2D eigenvalue weighted by Gasteiger charge is -2.35. The van der Waals surface area contributed by atoms with Crippen molar-refractivity contribution in [2.75, 3.05) is 32.9 Å². The van der Waals surface area contributed by atoms with Crippen LogP contribution in [0.1, 0.15) is 23.2 Å². The van der Waals surface area contributed by atoms with Crippen LogP contribution < -0.4 is 4.74 Å².